The monoisotopic (exact) mass is 377 g/mol. The second-order valence-electron chi connectivity index (χ2n) is 6.25. The maximum absolute atomic E-state index is 12.0. The molecule has 140 valence electrons. The molecule has 0 amide bonds. The van der Waals surface area contributed by atoms with Gasteiger partial charge in [-0.1, -0.05) is 17.7 Å². The molecule has 0 unspecified atom stereocenters. The summed E-state index contributed by atoms with van der Waals surface area (Å²) < 4.78 is 6.58. The lowest BCUT2D eigenvalue weighted by Crippen LogP contribution is -2.47. The van der Waals surface area contributed by atoms with Gasteiger partial charge in [0.05, 0.1) is 18.3 Å². The second-order valence-corrected chi connectivity index (χ2v) is 6.66. The number of nitrogens with zero attached hydrogens (tertiary/aromatic N) is 4. The number of nitrogens with one attached hydrogen (secondary N) is 1. The van der Waals surface area contributed by atoms with E-state index in [-0.39, 0.29) is 5.56 Å². The molecule has 0 saturated carbocycles. The van der Waals surface area contributed by atoms with Gasteiger partial charge >= 0.3 is 0 Å². The highest BCUT2D eigenvalue weighted by Gasteiger charge is 2.17. The zero-order chi connectivity index (χ0) is 18.5. The smallest absolute Gasteiger partial charge is 0.291 e. The van der Waals surface area contributed by atoms with Crippen LogP contribution in [0.2, 0.25) is 5.02 Å². The van der Waals surface area contributed by atoms with E-state index >= 15 is 0 Å². The Morgan fingerprint density at radius 3 is 2.77 bits per heavy atom. The van der Waals surface area contributed by atoms with Gasteiger partial charge in [0, 0.05) is 58.1 Å². The average molecular weight is 378 g/mol. The summed E-state index contributed by atoms with van der Waals surface area (Å²) in [5, 5.41) is 7.40. The van der Waals surface area contributed by atoms with Crippen LogP contribution in [0.25, 0.3) is 0 Å². The number of ether oxygens (including phenoxy) is 1. The van der Waals surface area contributed by atoms with Gasteiger partial charge in [0.1, 0.15) is 11.4 Å². The molecule has 1 aliphatic heterocycles. The fourth-order valence-corrected chi connectivity index (χ4v) is 3.25. The van der Waals surface area contributed by atoms with Crippen LogP contribution in [-0.2, 0) is 7.05 Å². The van der Waals surface area contributed by atoms with Crippen molar-refractivity contribution < 1.29 is 4.74 Å². The summed E-state index contributed by atoms with van der Waals surface area (Å²) in [4.78, 5) is 16.8. The van der Waals surface area contributed by atoms with Gasteiger partial charge in [-0.2, -0.15) is 5.10 Å². The van der Waals surface area contributed by atoms with Gasteiger partial charge < -0.3 is 15.0 Å². The van der Waals surface area contributed by atoms with Gasteiger partial charge in [-0.15, -0.1) is 0 Å². The third kappa shape index (κ3) is 4.28. The van der Waals surface area contributed by atoms with Crippen LogP contribution in [0.5, 0.6) is 5.75 Å². The average Bonchev–Trinajstić information content (AvgIpc) is 2.68. The molecular weight excluding hydrogens is 354 g/mol. The number of rotatable bonds is 6. The predicted octanol–water partition coefficient (Wildman–Crippen LogP) is 1.68. The minimum Gasteiger partial charge on any atom is -0.497 e. The summed E-state index contributed by atoms with van der Waals surface area (Å²) in [6.07, 6.45) is 1.48. The Kier molecular flexibility index (Phi) is 6.00. The zero-order valence-corrected chi connectivity index (χ0v) is 15.9. The largest absolute Gasteiger partial charge is 0.497 e. The Morgan fingerprint density at radius 1 is 1.27 bits per heavy atom. The van der Waals surface area contributed by atoms with Crippen LogP contribution >= 0.6 is 11.6 Å². The molecule has 0 spiro atoms. The summed E-state index contributed by atoms with van der Waals surface area (Å²) in [6, 6.07) is 8.16. The number of methoxy groups -OCH3 is 1. The minimum absolute atomic E-state index is 0.208. The van der Waals surface area contributed by atoms with Crippen LogP contribution in [0, 0.1) is 0 Å². The molecule has 0 radical (unpaired) electrons. The maximum Gasteiger partial charge on any atom is 0.291 e. The fraction of sp³-hybridized carbons (Fsp3) is 0.444. The van der Waals surface area contributed by atoms with E-state index in [9.17, 15) is 4.79 Å². The Bertz CT molecular complexity index is 802. The van der Waals surface area contributed by atoms with Crippen molar-refractivity contribution in [1.82, 2.24) is 14.7 Å². The van der Waals surface area contributed by atoms with Crippen molar-refractivity contribution in [1.29, 1.82) is 0 Å². The van der Waals surface area contributed by atoms with Gasteiger partial charge in [-0.05, 0) is 12.1 Å². The standard InChI is InChI=1S/C18H24ClN5O2/c1-22-18(25)17(16(19)13-21-22)20-6-7-23-8-10-24(11-9-23)14-4-3-5-15(12-14)26-2/h3-5,12-13,20H,6-11H2,1-2H3. The van der Waals surface area contributed by atoms with Crippen molar-refractivity contribution in [3.8, 4) is 5.75 Å². The number of anilines is 2. The molecule has 1 N–H and O–H groups in total. The molecule has 1 aromatic heterocycles. The third-order valence-electron chi connectivity index (χ3n) is 4.61. The second kappa shape index (κ2) is 8.42. The first-order valence-electron chi connectivity index (χ1n) is 8.65. The zero-order valence-electron chi connectivity index (χ0n) is 15.1. The summed E-state index contributed by atoms with van der Waals surface area (Å²) in [6.45, 7) is 5.39. The number of hydrogen-bond donors (Lipinski definition) is 1. The molecule has 26 heavy (non-hydrogen) atoms. The highest BCUT2D eigenvalue weighted by Crippen LogP contribution is 2.22. The molecule has 0 bridgehead atoms. The summed E-state index contributed by atoms with van der Waals surface area (Å²) in [7, 11) is 3.30. The first-order chi connectivity index (χ1) is 12.6. The lowest BCUT2D eigenvalue weighted by Gasteiger charge is -2.36. The minimum atomic E-state index is -0.208. The number of aromatic nitrogens is 2. The molecule has 1 aliphatic rings. The van der Waals surface area contributed by atoms with Crippen molar-refractivity contribution in [2.75, 3.05) is 56.6 Å². The van der Waals surface area contributed by atoms with E-state index < -0.39 is 0 Å². The lowest BCUT2D eigenvalue weighted by molar-refractivity contribution is 0.267. The van der Waals surface area contributed by atoms with Crippen LogP contribution in [0.1, 0.15) is 0 Å². The van der Waals surface area contributed by atoms with Crippen molar-refractivity contribution in [2.45, 2.75) is 0 Å². The SMILES string of the molecule is COc1cccc(N2CCN(CCNc3c(Cl)cnn(C)c3=O)CC2)c1. The van der Waals surface area contributed by atoms with Crippen molar-refractivity contribution in [3.05, 3.63) is 45.8 Å². The predicted molar refractivity (Wildman–Crippen MR) is 105 cm³/mol. The number of aryl methyl sites for hydroxylation is 1. The van der Waals surface area contributed by atoms with E-state index in [4.69, 9.17) is 16.3 Å². The first kappa shape index (κ1) is 18.5. The fourth-order valence-electron chi connectivity index (χ4n) is 3.05. The van der Waals surface area contributed by atoms with Crippen molar-refractivity contribution in [2.24, 2.45) is 7.05 Å². The molecule has 0 atom stereocenters. The van der Waals surface area contributed by atoms with Crippen LogP contribution in [0.15, 0.2) is 35.3 Å². The molecule has 2 aromatic rings. The maximum atomic E-state index is 12.0. The highest BCUT2D eigenvalue weighted by molar-refractivity contribution is 6.32. The molecule has 3 rings (SSSR count). The molecule has 1 saturated heterocycles. The van der Waals surface area contributed by atoms with E-state index in [0.29, 0.717) is 17.3 Å². The Balaban J connectivity index is 1.49. The topological polar surface area (TPSA) is 62.6 Å². The van der Waals surface area contributed by atoms with Gasteiger partial charge in [0.15, 0.2) is 0 Å². The lowest BCUT2D eigenvalue weighted by atomic mass is 10.2. The van der Waals surface area contributed by atoms with E-state index in [1.807, 2.05) is 12.1 Å². The summed E-state index contributed by atoms with van der Waals surface area (Å²) >= 11 is 6.07. The van der Waals surface area contributed by atoms with Gasteiger partial charge in [0.2, 0.25) is 0 Å². The van der Waals surface area contributed by atoms with E-state index in [1.165, 1.54) is 16.6 Å². The van der Waals surface area contributed by atoms with Crippen molar-refractivity contribution in [3.63, 3.8) is 0 Å². The molecule has 7 nitrogen and oxygen atoms in total. The van der Waals surface area contributed by atoms with Crippen LogP contribution in [-0.4, -0.2) is 61.1 Å². The quantitative estimate of drug-likeness (QED) is 0.826. The van der Waals surface area contributed by atoms with Crippen molar-refractivity contribution >= 4 is 23.0 Å². The number of halogens is 1. The van der Waals surface area contributed by atoms with E-state index in [0.717, 1.165) is 38.5 Å². The van der Waals surface area contributed by atoms with Gasteiger partial charge in [0.25, 0.3) is 5.56 Å². The number of hydrogen-bond acceptors (Lipinski definition) is 6. The number of benzene rings is 1. The molecule has 1 fully saturated rings. The molecule has 1 aromatic carbocycles. The normalized spacial score (nSPS) is 15.1. The summed E-state index contributed by atoms with van der Waals surface area (Å²) in [5.41, 5.74) is 1.40. The Hall–Kier alpha value is -2.25. The number of piperazine rings is 1. The summed E-state index contributed by atoms with van der Waals surface area (Å²) in [5.74, 6) is 0.880. The molecule has 8 heteroatoms. The van der Waals surface area contributed by atoms with E-state index in [1.54, 1.807) is 14.2 Å². The van der Waals surface area contributed by atoms with Gasteiger partial charge in [-0.25, -0.2) is 4.68 Å². The highest BCUT2D eigenvalue weighted by atomic mass is 35.5. The first-order valence-corrected chi connectivity index (χ1v) is 9.03. The third-order valence-corrected chi connectivity index (χ3v) is 4.90. The van der Waals surface area contributed by atoms with Gasteiger partial charge in [-0.3, -0.25) is 9.69 Å². The molecule has 2 heterocycles. The molecular formula is C18H24ClN5O2. The Morgan fingerprint density at radius 2 is 2.04 bits per heavy atom. The van der Waals surface area contributed by atoms with E-state index in [2.05, 4.69) is 32.3 Å². The Labute approximate surface area is 158 Å². The van der Waals surface area contributed by atoms with Crippen LogP contribution < -0.4 is 20.5 Å². The molecule has 0 aliphatic carbocycles. The van der Waals surface area contributed by atoms with Crippen LogP contribution in [0.4, 0.5) is 11.4 Å². The van der Waals surface area contributed by atoms with Crippen LogP contribution in [0.3, 0.4) is 0 Å².